The van der Waals surface area contributed by atoms with Crippen LogP contribution in [0, 0.1) is 0 Å². The summed E-state index contributed by atoms with van der Waals surface area (Å²) in [6.45, 7) is 2.48. The summed E-state index contributed by atoms with van der Waals surface area (Å²) in [7, 11) is 1.80. The van der Waals surface area contributed by atoms with Crippen molar-refractivity contribution >= 4 is 18.3 Å². The molecular weight excluding hydrogens is 236 g/mol. The highest BCUT2D eigenvalue weighted by molar-refractivity contribution is 5.85. The van der Waals surface area contributed by atoms with Crippen molar-refractivity contribution in [3.05, 3.63) is 35.9 Å². The van der Waals surface area contributed by atoms with Crippen LogP contribution >= 0.6 is 12.4 Å². The van der Waals surface area contributed by atoms with Crippen molar-refractivity contribution in [3.8, 4) is 0 Å². The van der Waals surface area contributed by atoms with E-state index in [1.54, 1.807) is 18.9 Å². The van der Waals surface area contributed by atoms with Crippen molar-refractivity contribution in [2.75, 3.05) is 13.6 Å². The molecule has 1 amide bonds. The number of amides is 1. The van der Waals surface area contributed by atoms with E-state index in [9.17, 15) is 4.79 Å². The number of likely N-dealkylation sites (N-methyl/N-ethyl adjacent to an activating group) is 1. The number of nitrogens with two attached hydrogens (primary N) is 1. The third-order valence-electron chi connectivity index (χ3n) is 2.57. The van der Waals surface area contributed by atoms with E-state index in [1.165, 1.54) is 5.56 Å². The predicted molar refractivity (Wildman–Crippen MR) is 73.3 cm³/mol. The summed E-state index contributed by atoms with van der Waals surface area (Å²) in [5, 5.41) is 0. The molecule has 96 valence electrons. The second-order valence-electron chi connectivity index (χ2n) is 4.14. The van der Waals surface area contributed by atoms with Gasteiger partial charge < -0.3 is 10.6 Å². The van der Waals surface area contributed by atoms with Gasteiger partial charge >= 0.3 is 0 Å². The van der Waals surface area contributed by atoms with Crippen LogP contribution in [0.5, 0.6) is 0 Å². The standard InChI is InChI=1S/C13H20N2O.ClH/c1-11(14)13(16)15(2)10-6-9-12-7-4-3-5-8-12;/h3-5,7-8,11H,6,9-10,14H2,1-2H3;1H. The number of halogens is 1. The summed E-state index contributed by atoms with van der Waals surface area (Å²) < 4.78 is 0. The molecule has 0 aliphatic carbocycles. The van der Waals surface area contributed by atoms with Crippen LogP contribution in [0.1, 0.15) is 18.9 Å². The molecule has 0 heterocycles. The Morgan fingerprint density at radius 3 is 2.47 bits per heavy atom. The van der Waals surface area contributed by atoms with Gasteiger partial charge in [-0.2, -0.15) is 0 Å². The average Bonchev–Trinajstić information content (AvgIpc) is 2.29. The number of rotatable bonds is 5. The zero-order valence-electron chi connectivity index (χ0n) is 10.4. The number of hydrogen-bond donors (Lipinski definition) is 1. The van der Waals surface area contributed by atoms with Gasteiger partial charge in [-0.15, -0.1) is 12.4 Å². The van der Waals surface area contributed by atoms with Crippen molar-refractivity contribution in [2.24, 2.45) is 5.73 Å². The van der Waals surface area contributed by atoms with Gasteiger partial charge in [-0.3, -0.25) is 4.79 Å². The molecule has 0 aliphatic rings. The fourth-order valence-electron chi connectivity index (χ4n) is 1.62. The highest BCUT2D eigenvalue weighted by Crippen LogP contribution is 2.03. The van der Waals surface area contributed by atoms with Crippen LogP contribution in [0.2, 0.25) is 0 Å². The highest BCUT2D eigenvalue weighted by Gasteiger charge is 2.12. The monoisotopic (exact) mass is 256 g/mol. The second-order valence-corrected chi connectivity index (χ2v) is 4.14. The van der Waals surface area contributed by atoms with E-state index >= 15 is 0 Å². The number of carbonyl (C=O) groups excluding carboxylic acids is 1. The fourth-order valence-corrected chi connectivity index (χ4v) is 1.62. The van der Waals surface area contributed by atoms with Crippen LogP contribution in [0.25, 0.3) is 0 Å². The van der Waals surface area contributed by atoms with Gasteiger partial charge in [0.1, 0.15) is 0 Å². The van der Waals surface area contributed by atoms with Gasteiger partial charge in [-0.25, -0.2) is 0 Å². The lowest BCUT2D eigenvalue weighted by molar-refractivity contribution is -0.130. The SMILES string of the molecule is CC(N)C(=O)N(C)CCCc1ccccc1.Cl. The van der Waals surface area contributed by atoms with Crippen molar-refractivity contribution in [1.29, 1.82) is 0 Å². The maximum atomic E-state index is 11.5. The van der Waals surface area contributed by atoms with Gasteiger partial charge in [0, 0.05) is 13.6 Å². The van der Waals surface area contributed by atoms with Crippen molar-refractivity contribution in [3.63, 3.8) is 0 Å². The smallest absolute Gasteiger partial charge is 0.238 e. The van der Waals surface area contributed by atoms with Crippen molar-refractivity contribution in [1.82, 2.24) is 4.90 Å². The Morgan fingerprint density at radius 2 is 1.94 bits per heavy atom. The normalized spacial score (nSPS) is 11.5. The highest BCUT2D eigenvalue weighted by atomic mass is 35.5. The molecule has 2 N–H and O–H groups in total. The first-order valence-electron chi connectivity index (χ1n) is 5.65. The molecule has 0 spiro atoms. The maximum Gasteiger partial charge on any atom is 0.238 e. The Balaban J connectivity index is 0.00000256. The van der Waals surface area contributed by atoms with E-state index in [0.29, 0.717) is 0 Å². The Bertz CT molecular complexity index is 327. The summed E-state index contributed by atoms with van der Waals surface area (Å²) in [6.07, 6.45) is 1.97. The fraction of sp³-hybridized carbons (Fsp3) is 0.462. The van der Waals surface area contributed by atoms with Crippen molar-refractivity contribution in [2.45, 2.75) is 25.8 Å². The van der Waals surface area contributed by atoms with E-state index in [1.807, 2.05) is 18.2 Å². The molecule has 0 saturated carbocycles. The Kier molecular flexibility index (Phi) is 7.59. The molecule has 1 rings (SSSR count). The molecule has 0 saturated heterocycles. The van der Waals surface area contributed by atoms with E-state index in [2.05, 4.69) is 12.1 Å². The summed E-state index contributed by atoms with van der Waals surface area (Å²) in [6, 6.07) is 9.88. The van der Waals surface area contributed by atoms with Gasteiger partial charge in [-0.05, 0) is 25.3 Å². The van der Waals surface area contributed by atoms with Gasteiger partial charge in [-0.1, -0.05) is 30.3 Å². The Labute approximate surface area is 109 Å². The molecule has 1 unspecified atom stereocenters. The largest absolute Gasteiger partial charge is 0.344 e. The molecule has 4 heteroatoms. The molecule has 0 aromatic heterocycles. The van der Waals surface area contributed by atoms with Gasteiger partial charge in [0.25, 0.3) is 0 Å². The van der Waals surface area contributed by atoms with Crippen LogP contribution in [-0.4, -0.2) is 30.4 Å². The second kappa shape index (κ2) is 8.09. The number of hydrogen-bond acceptors (Lipinski definition) is 2. The summed E-state index contributed by atoms with van der Waals surface area (Å²) in [4.78, 5) is 13.2. The van der Waals surface area contributed by atoms with Gasteiger partial charge in [0.05, 0.1) is 6.04 Å². The topological polar surface area (TPSA) is 46.3 Å². The summed E-state index contributed by atoms with van der Waals surface area (Å²) in [5.74, 6) is 0.00746. The van der Waals surface area contributed by atoms with Gasteiger partial charge in [0.15, 0.2) is 0 Å². The predicted octanol–water partition coefficient (Wildman–Crippen LogP) is 1.85. The van der Waals surface area contributed by atoms with Gasteiger partial charge in [0.2, 0.25) is 5.91 Å². The minimum atomic E-state index is -0.401. The molecule has 1 atom stereocenters. The molecule has 0 bridgehead atoms. The number of carbonyl (C=O) groups is 1. The molecule has 0 radical (unpaired) electrons. The molecule has 0 aliphatic heterocycles. The van der Waals surface area contributed by atoms with Crippen LogP contribution in [0.3, 0.4) is 0 Å². The molecular formula is C13H21ClN2O. The first kappa shape index (κ1) is 15.9. The van der Waals surface area contributed by atoms with Crippen LogP contribution in [0.4, 0.5) is 0 Å². The van der Waals surface area contributed by atoms with Crippen molar-refractivity contribution < 1.29 is 4.79 Å². The lowest BCUT2D eigenvalue weighted by Gasteiger charge is -2.19. The lowest BCUT2D eigenvalue weighted by atomic mass is 10.1. The van der Waals surface area contributed by atoms with E-state index < -0.39 is 6.04 Å². The van der Waals surface area contributed by atoms with E-state index in [0.717, 1.165) is 19.4 Å². The Morgan fingerprint density at radius 1 is 1.35 bits per heavy atom. The quantitative estimate of drug-likeness (QED) is 0.874. The molecule has 17 heavy (non-hydrogen) atoms. The summed E-state index contributed by atoms with van der Waals surface area (Å²) in [5.41, 5.74) is 6.84. The Hall–Kier alpha value is -1.06. The number of aryl methyl sites for hydroxylation is 1. The minimum absolute atomic E-state index is 0. The van der Waals surface area contributed by atoms with Crippen LogP contribution in [0.15, 0.2) is 30.3 Å². The first-order valence-corrected chi connectivity index (χ1v) is 5.65. The maximum absolute atomic E-state index is 11.5. The molecule has 3 nitrogen and oxygen atoms in total. The molecule has 1 aromatic rings. The van der Waals surface area contributed by atoms with E-state index in [-0.39, 0.29) is 18.3 Å². The molecule has 1 aromatic carbocycles. The number of benzene rings is 1. The zero-order valence-corrected chi connectivity index (χ0v) is 11.2. The third-order valence-corrected chi connectivity index (χ3v) is 2.57. The van der Waals surface area contributed by atoms with Crippen LogP contribution in [-0.2, 0) is 11.2 Å². The first-order chi connectivity index (χ1) is 7.61. The van der Waals surface area contributed by atoms with Crippen LogP contribution < -0.4 is 5.73 Å². The summed E-state index contributed by atoms with van der Waals surface area (Å²) >= 11 is 0. The average molecular weight is 257 g/mol. The third kappa shape index (κ3) is 5.71. The van der Waals surface area contributed by atoms with E-state index in [4.69, 9.17) is 5.73 Å². The molecule has 0 fully saturated rings. The minimum Gasteiger partial charge on any atom is -0.344 e. The lowest BCUT2D eigenvalue weighted by Crippen LogP contribution is -2.40. The zero-order chi connectivity index (χ0) is 12.0. The number of nitrogens with zero attached hydrogens (tertiary/aromatic N) is 1.